The normalized spacial score (nSPS) is 30.5. The zero-order chi connectivity index (χ0) is 26.1. The first-order chi connectivity index (χ1) is 17.0. The third-order valence-corrected chi connectivity index (χ3v) is 7.87. The van der Waals surface area contributed by atoms with Gasteiger partial charge < -0.3 is 26.2 Å². The van der Waals surface area contributed by atoms with Crippen LogP contribution in [-0.4, -0.2) is 86.8 Å². The van der Waals surface area contributed by atoms with E-state index in [1.54, 1.807) is 25.2 Å². The van der Waals surface area contributed by atoms with Crippen molar-refractivity contribution in [3.05, 3.63) is 45.7 Å². The number of aliphatic hydroxyl groups excluding tert-OH is 2. The molecule has 1 saturated carbocycles. The molecule has 1 heterocycles. The molecule has 0 radical (unpaired) electrons. The Morgan fingerprint density at radius 1 is 1.25 bits per heavy atom. The van der Waals surface area contributed by atoms with Gasteiger partial charge in [-0.3, -0.25) is 24.1 Å². The molecule has 11 nitrogen and oxygen atoms in total. The number of benzene rings is 1. The van der Waals surface area contributed by atoms with Crippen LogP contribution < -0.4 is 5.73 Å². The lowest BCUT2D eigenvalue weighted by Gasteiger charge is -2.50. The fraction of sp³-hybridized carbons (Fsp3) is 0.480. The fourth-order valence-corrected chi connectivity index (χ4v) is 6.27. The second-order valence-electron chi connectivity index (χ2n) is 10.1. The van der Waals surface area contributed by atoms with Gasteiger partial charge in [-0.05, 0) is 56.5 Å². The number of fused-ring (bicyclic) bond motifs is 3. The Labute approximate surface area is 207 Å². The number of ketones is 2. The first-order valence-corrected chi connectivity index (χ1v) is 11.8. The SMILES string of the molecule is CN(C)[C@@H]1C(=O)C(C(N)=O)=C(O)[C@@]2(O)C(=O)C3=C(O)c4c(O)ccc(CN5CCCO5)c4C[C@H]3C[C@@H]12. The van der Waals surface area contributed by atoms with Crippen LogP contribution in [0.15, 0.2) is 29.0 Å². The number of carbonyl (C=O) groups is 3. The Hall–Kier alpha value is -3.25. The maximum atomic E-state index is 13.8. The highest BCUT2D eigenvalue weighted by atomic mass is 16.7. The molecule has 0 bridgehead atoms. The van der Waals surface area contributed by atoms with Crippen molar-refractivity contribution >= 4 is 23.2 Å². The second-order valence-corrected chi connectivity index (χ2v) is 10.1. The van der Waals surface area contributed by atoms with Crippen LogP contribution in [0.1, 0.15) is 29.5 Å². The second kappa shape index (κ2) is 8.41. The molecule has 1 aromatic rings. The van der Waals surface area contributed by atoms with E-state index >= 15 is 0 Å². The minimum absolute atomic E-state index is 0.0566. The first kappa shape index (κ1) is 24.4. The Kier molecular flexibility index (Phi) is 5.71. The average molecular weight is 500 g/mol. The summed E-state index contributed by atoms with van der Waals surface area (Å²) in [4.78, 5) is 46.1. The molecule has 1 amide bonds. The van der Waals surface area contributed by atoms with Gasteiger partial charge in [-0.25, -0.2) is 0 Å². The van der Waals surface area contributed by atoms with Crippen LogP contribution in [0.4, 0.5) is 0 Å². The molecule has 36 heavy (non-hydrogen) atoms. The van der Waals surface area contributed by atoms with Gasteiger partial charge in [0.25, 0.3) is 5.91 Å². The van der Waals surface area contributed by atoms with Crippen molar-refractivity contribution < 1.29 is 39.6 Å². The zero-order valence-corrected chi connectivity index (χ0v) is 20.0. The highest BCUT2D eigenvalue weighted by Crippen LogP contribution is 2.53. The van der Waals surface area contributed by atoms with Crippen molar-refractivity contribution in [1.82, 2.24) is 9.96 Å². The summed E-state index contributed by atoms with van der Waals surface area (Å²) in [6.07, 6.45) is 1.20. The van der Waals surface area contributed by atoms with Crippen LogP contribution in [0.5, 0.6) is 5.75 Å². The van der Waals surface area contributed by atoms with E-state index in [4.69, 9.17) is 10.6 Å². The number of amides is 1. The number of rotatable bonds is 4. The third kappa shape index (κ3) is 3.30. The van der Waals surface area contributed by atoms with E-state index in [-0.39, 0.29) is 29.7 Å². The lowest BCUT2D eigenvalue weighted by atomic mass is 9.57. The lowest BCUT2D eigenvalue weighted by molar-refractivity contribution is -0.153. The summed E-state index contributed by atoms with van der Waals surface area (Å²) in [7, 11) is 3.14. The van der Waals surface area contributed by atoms with Gasteiger partial charge in [-0.1, -0.05) is 6.07 Å². The van der Waals surface area contributed by atoms with Gasteiger partial charge in [-0.15, -0.1) is 0 Å². The van der Waals surface area contributed by atoms with Crippen LogP contribution in [0.2, 0.25) is 0 Å². The number of phenolic OH excluding ortho intramolecular Hbond substituents is 1. The predicted molar refractivity (Wildman–Crippen MR) is 125 cm³/mol. The summed E-state index contributed by atoms with van der Waals surface area (Å²) in [6, 6.07) is 2.06. The van der Waals surface area contributed by atoms with Crippen LogP contribution in [0, 0.1) is 11.8 Å². The molecule has 1 saturated heterocycles. The maximum absolute atomic E-state index is 13.8. The molecular weight excluding hydrogens is 470 g/mol. The van der Waals surface area contributed by atoms with Crippen molar-refractivity contribution in [2.75, 3.05) is 27.2 Å². The number of hydroxylamine groups is 2. The minimum Gasteiger partial charge on any atom is -0.508 e. The fourth-order valence-electron chi connectivity index (χ4n) is 6.27. The smallest absolute Gasteiger partial charge is 0.255 e. The molecule has 0 aromatic heterocycles. The Balaban J connectivity index is 1.67. The van der Waals surface area contributed by atoms with Crippen molar-refractivity contribution in [2.24, 2.45) is 17.6 Å². The molecule has 11 heteroatoms. The quantitative estimate of drug-likeness (QED) is 0.358. The number of carbonyl (C=O) groups excluding carboxylic acids is 3. The molecular formula is C25H29N3O8. The third-order valence-electron chi connectivity index (χ3n) is 7.87. The number of nitrogens with zero attached hydrogens (tertiary/aromatic N) is 2. The van der Waals surface area contributed by atoms with Gasteiger partial charge in [0.05, 0.1) is 18.2 Å². The van der Waals surface area contributed by atoms with Gasteiger partial charge in [0.15, 0.2) is 11.4 Å². The van der Waals surface area contributed by atoms with Crippen molar-refractivity contribution in [3.63, 3.8) is 0 Å². The number of aromatic hydroxyl groups is 1. The van der Waals surface area contributed by atoms with Crippen LogP contribution in [0.25, 0.3) is 5.76 Å². The zero-order valence-electron chi connectivity index (χ0n) is 20.0. The first-order valence-electron chi connectivity index (χ1n) is 11.8. The molecule has 0 spiro atoms. The molecule has 4 aliphatic rings. The minimum atomic E-state index is -2.64. The van der Waals surface area contributed by atoms with Crippen molar-refractivity contribution in [1.29, 1.82) is 0 Å². The summed E-state index contributed by atoms with van der Waals surface area (Å²) in [6.45, 7) is 1.76. The van der Waals surface area contributed by atoms with E-state index in [1.807, 2.05) is 0 Å². The Morgan fingerprint density at radius 3 is 2.58 bits per heavy atom. The maximum Gasteiger partial charge on any atom is 0.255 e. The topological polar surface area (TPSA) is 174 Å². The number of aliphatic hydroxyl groups is 3. The molecule has 192 valence electrons. The summed E-state index contributed by atoms with van der Waals surface area (Å²) in [5.41, 5.74) is 3.26. The summed E-state index contributed by atoms with van der Waals surface area (Å²) in [5, 5.41) is 46.2. The molecule has 2 fully saturated rings. The van der Waals surface area contributed by atoms with Crippen LogP contribution >= 0.6 is 0 Å². The summed E-state index contributed by atoms with van der Waals surface area (Å²) >= 11 is 0. The molecule has 1 aromatic carbocycles. The molecule has 3 aliphatic carbocycles. The number of primary amides is 1. The number of likely N-dealkylation sites (N-methyl/N-ethyl adjacent to an activating group) is 1. The predicted octanol–water partition coefficient (Wildman–Crippen LogP) is 0.101. The molecule has 6 N–H and O–H groups in total. The summed E-state index contributed by atoms with van der Waals surface area (Å²) < 4.78 is 0. The number of Topliss-reactive ketones (excluding diaryl/α,β-unsaturated/α-hetero) is 2. The van der Waals surface area contributed by atoms with E-state index in [2.05, 4.69) is 0 Å². The summed E-state index contributed by atoms with van der Waals surface area (Å²) in [5.74, 6) is -6.57. The van der Waals surface area contributed by atoms with E-state index in [1.165, 1.54) is 11.0 Å². The van der Waals surface area contributed by atoms with Gasteiger partial charge >= 0.3 is 0 Å². The van der Waals surface area contributed by atoms with E-state index in [0.29, 0.717) is 18.7 Å². The lowest BCUT2D eigenvalue weighted by Crippen LogP contribution is -2.65. The van der Waals surface area contributed by atoms with Gasteiger partial charge in [0.1, 0.15) is 22.8 Å². The average Bonchev–Trinajstić information content (AvgIpc) is 3.31. The molecule has 0 unspecified atom stereocenters. The van der Waals surface area contributed by atoms with Gasteiger partial charge in [0.2, 0.25) is 5.78 Å². The molecule has 4 atom stereocenters. The van der Waals surface area contributed by atoms with Crippen molar-refractivity contribution in [2.45, 2.75) is 37.5 Å². The van der Waals surface area contributed by atoms with Gasteiger partial charge in [-0.2, -0.15) is 5.06 Å². The largest absolute Gasteiger partial charge is 0.508 e. The monoisotopic (exact) mass is 499 g/mol. The van der Waals surface area contributed by atoms with E-state index in [0.717, 1.165) is 18.5 Å². The highest BCUT2D eigenvalue weighted by molar-refractivity contribution is 6.24. The Bertz CT molecular complexity index is 1250. The van der Waals surface area contributed by atoms with Crippen LogP contribution in [0.3, 0.4) is 0 Å². The van der Waals surface area contributed by atoms with E-state index in [9.17, 15) is 34.8 Å². The van der Waals surface area contributed by atoms with Crippen molar-refractivity contribution in [3.8, 4) is 5.75 Å². The highest BCUT2D eigenvalue weighted by Gasteiger charge is 2.64. The van der Waals surface area contributed by atoms with Crippen LogP contribution in [-0.2, 0) is 32.2 Å². The molecule has 5 rings (SSSR count). The number of phenols is 1. The molecule has 1 aliphatic heterocycles. The number of hydrogen-bond donors (Lipinski definition) is 5. The number of hydrogen-bond acceptors (Lipinski definition) is 10. The Morgan fingerprint density at radius 2 is 1.97 bits per heavy atom. The van der Waals surface area contributed by atoms with Gasteiger partial charge in [0, 0.05) is 24.6 Å². The standard InChI is InChI=1S/C25H29N3O8/c1-27(2)19-14-9-12-8-13-11(10-28-6-3-7-36-28)4-5-15(29)17(13)20(30)16(12)22(32)25(14,35)23(33)18(21(19)31)24(26)34/h4-5,12,14,19,29-30,33,35H,3,6-10H2,1-2H3,(H2,26,34)/t12-,14-,19-,25-/m0/s1. The number of nitrogens with two attached hydrogens (primary N) is 1. The van der Waals surface area contributed by atoms with E-state index < -0.39 is 58.0 Å².